The lowest BCUT2D eigenvalue weighted by Crippen LogP contribution is -2.39. The SMILES string of the molecule is CC(CN)N(C)C(=O)c1ccc(-n2ccnc2)cc1. The molecule has 0 fully saturated rings. The Labute approximate surface area is 112 Å². The molecule has 1 amide bonds. The molecule has 0 aliphatic heterocycles. The van der Waals surface area contributed by atoms with E-state index in [2.05, 4.69) is 4.98 Å². The molecule has 2 N–H and O–H groups in total. The zero-order valence-electron chi connectivity index (χ0n) is 11.2. The van der Waals surface area contributed by atoms with Crippen LogP contribution in [0.4, 0.5) is 0 Å². The molecule has 2 rings (SSSR count). The van der Waals surface area contributed by atoms with Crippen molar-refractivity contribution in [2.24, 2.45) is 5.73 Å². The maximum atomic E-state index is 12.2. The van der Waals surface area contributed by atoms with E-state index in [0.29, 0.717) is 12.1 Å². The molecule has 5 heteroatoms. The first-order valence-electron chi connectivity index (χ1n) is 6.19. The summed E-state index contributed by atoms with van der Waals surface area (Å²) < 4.78 is 1.89. The van der Waals surface area contributed by atoms with Gasteiger partial charge in [0.05, 0.1) is 6.33 Å². The normalized spacial score (nSPS) is 12.2. The highest BCUT2D eigenvalue weighted by Gasteiger charge is 2.16. The highest BCUT2D eigenvalue weighted by Crippen LogP contribution is 2.11. The maximum Gasteiger partial charge on any atom is 0.253 e. The van der Waals surface area contributed by atoms with Crippen molar-refractivity contribution < 1.29 is 4.79 Å². The number of carbonyl (C=O) groups is 1. The van der Waals surface area contributed by atoms with E-state index in [4.69, 9.17) is 5.73 Å². The van der Waals surface area contributed by atoms with Crippen molar-refractivity contribution in [1.29, 1.82) is 0 Å². The second kappa shape index (κ2) is 5.67. The van der Waals surface area contributed by atoms with Crippen molar-refractivity contribution in [2.75, 3.05) is 13.6 Å². The maximum absolute atomic E-state index is 12.2. The smallest absolute Gasteiger partial charge is 0.253 e. The van der Waals surface area contributed by atoms with Gasteiger partial charge < -0.3 is 15.2 Å². The van der Waals surface area contributed by atoms with Gasteiger partial charge >= 0.3 is 0 Å². The molecule has 19 heavy (non-hydrogen) atoms. The summed E-state index contributed by atoms with van der Waals surface area (Å²) in [6, 6.07) is 7.46. The Bertz CT molecular complexity index is 533. The first-order chi connectivity index (χ1) is 9.13. The molecular weight excluding hydrogens is 240 g/mol. The molecule has 100 valence electrons. The highest BCUT2D eigenvalue weighted by atomic mass is 16.2. The third-order valence-electron chi connectivity index (χ3n) is 3.24. The Balaban J connectivity index is 2.17. The highest BCUT2D eigenvalue weighted by molar-refractivity contribution is 5.94. The van der Waals surface area contributed by atoms with Crippen LogP contribution in [0.25, 0.3) is 5.69 Å². The van der Waals surface area contributed by atoms with Gasteiger partial charge in [0.25, 0.3) is 5.91 Å². The van der Waals surface area contributed by atoms with Gasteiger partial charge in [-0.2, -0.15) is 0 Å². The number of amides is 1. The molecular formula is C14H18N4O. The van der Waals surface area contributed by atoms with Gasteiger partial charge in [0.15, 0.2) is 0 Å². The summed E-state index contributed by atoms with van der Waals surface area (Å²) in [5, 5.41) is 0. The number of hydrogen-bond acceptors (Lipinski definition) is 3. The fraction of sp³-hybridized carbons (Fsp3) is 0.286. The lowest BCUT2D eigenvalue weighted by atomic mass is 10.1. The Kier molecular flexibility index (Phi) is 3.97. The van der Waals surface area contributed by atoms with E-state index in [0.717, 1.165) is 5.69 Å². The number of nitrogens with two attached hydrogens (primary N) is 1. The fourth-order valence-electron chi connectivity index (χ4n) is 1.75. The minimum atomic E-state index is -0.0184. The average Bonchev–Trinajstić information content (AvgIpc) is 2.99. The van der Waals surface area contributed by atoms with Gasteiger partial charge in [0, 0.05) is 43.3 Å². The third-order valence-corrected chi connectivity index (χ3v) is 3.24. The van der Waals surface area contributed by atoms with E-state index >= 15 is 0 Å². The van der Waals surface area contributed by atoms with E-state index in [1.54, 1.807) is 24.5 Å². The largest absolute Gasteiger partial charge is 0.338 e. The van der Waals surface area contributed by atoms with Gasteiger partial charge in [0.1, 0.15) is 0 Å². The molecule has 0 radical (unpaired) electrons. The summed E-state index contributed by atoms with van der Waals surface area (Å²) in [6.07, 6.45) is 5.30. The van der Waals surface area contributed by atoms with E-state index in [1.807, 2.05) is 42.0 Å². The van der Waals surface area contributed by atoms with Crippen LogP contribution < -0.4 is 5.73 Å². The predicted octanol–water partition coefficient (Wildman–Crippen LogP) is 1.29. The second-order valence-electron chi connectivity index (χ2n) is 4.52. The third kappa shape index (κ3) is 2.82. The van der Waals surface area contributed by atoms with Crippen LogP contribution in [0.5, 0.6) is 0 Å². The molecule has 1 aromatic carbocycles. The molecule has 0 aliphatic carbocycles. The Morgan fingerprint density at radius 2 is 2.11 bits per heavy atom. The van der Waals surface area contributed by atoms with Crippen LogP contribution >= 0.6 is 0 Å². The molecule has 1 atom stereocenters. The van der Waals surface area contributed by atoms with Crippen LogP contribution in [0.2, 0.25) is 0 Å². The molecule has 0 bridgehead atoms. The van der Waals surface area contributed by atoms with Crippen molar-refractivity contribution in [3.05, 3.63) is 48.5 Å². The molecule has 1 aromatic heterocycles. The predicted molar refractivity (Wildman–Crippen MR) is 74.2 cm³/mol. The number of likely N-dealkylation sites (N-methyl/N-ethyl adjacent to an activating group) is 1. The quantitative estimate of drug-likeness (QED) is 0.898. The number of aromatic nitrogens is 2. The van der Waals surface area contributed by atoms with Crippen LogP contribution in [0, 0.1) is 0 Å². The van der Waals surface area contributed by atoms with Crippen LogP contribution in [0.15, 0.2) is 43.0 Å². The topological polar surface area (TPSA) is 64.2 Å². The molecule has 1 unspecified atom stereocenters. The molecule has 2 aromatic rings. The summed E-state index contributed by atoms with van der Waals surface area (Å²) in [4.78, 5) is 17.8. The number of benzene rings is 1. The van der Waals surface area contributed by atoms with Gasteiger partial charge in [-0.3, -0.25) is 4.79 Å². The molecule has 0 saturated heterocycles. The number of rotatable bonds is 4. The van der Waals surface area contributed by atoms with Gasteiger partial charge in [0.2, 0.25) is 0 Å². The van der Waals surface area contributed by atoms with Crippen LogP contribution in [-0.4, -0.2) is 40.0 Å². The van der Waals surface area contributed by atoms with Crippen molar-refractivity contribution in [3.8, 4) is 5.69 Å². The van der Waals surface area contributed by atoms with E-state index in [-0.39, 0.29) is 11.9 Å². The average molecular weight is 258 g/mol. The molecule has 0 spiro atoms. The summed E-state index contributed by atoms with van der Waals surface area (Å²) in [7, 11) is 1.77. The van der Waals surface area contributed by atoms with Gasteiger partial charge in [-0.25, -0.2) is 4.98 Å². The minimum Gasteiger partial charge on any atom is -0.338 e. The second-order valence-corrected chi connectivity index (χ2v) is 4.52. The fourth-order valence-corrected chi connectivity index (χ4v) is 1.75. The zero-order chi connectivity index (χ0) is 13.8. The van der Waals surface area contributed by atoms with Crippen LogP contribution in [0.1, 0.15) is 17.3 Å². The van der Waals surface area contributed by atoms with Crippen molar-refractivity contribution >= 4 is 5.91 Å². The van der Waals surface area contributed by atoms with Gasteiger partial charge in [-0.1, -0.05) is 0 Å². The van der Waals surface area contributed by atoms with Gasteiger partial charge in [-0.05, 0) is 31.2 Å². The number of imidazole rings is 1. The summed E-state index contributed by atoms with van der Waals surface area (Å²) in [6.45, 7) is 2.38. The molecule has 1 heterocycles. The van der Waals surface area contributed by atoms with Crippen LogP contribution in [-0.2, 0) is 0 Å². The summed E-state index contributed by atoms with van der Waals surface area (Å²) in [5.74, 6) is -0.0184. The number of carbonyl (C=O) groups excluding carboxylic acids is 1. The molecule has 0 saturated carbocycles. The molecule has 0 aliphatic rings. The van der Waals surface area contributed by atoms with E-state index < -0.39 is 0 Å². The van der Waals surface area contributed by atoms with Crippen molar-refractivity contribution in [3.63, 3.8) is 0 Å². The Hall–Kier alpha value is -2.14. The first-order valence-corrected chi connectivity index (χ1v) is 6.19. The first kappa shape index (κ1) is 13.3. The van der Waals surface area contributed by atoms with Crippen molar-refractivity contribution in [2.45, 2.75) is 13.0 Å². The summed E-state index contributed by atoms with van der Waals surface area (Å²) in [5.41, 5.74) is 7.21. The Morgan fingerprint density at radius 1 is 1.42 bits per heavy atom. The molecule has 5 nitrogen and oxygen atoms in total. The Morgan fingerprint density at radius 3 is 2.63 bits per heavy atom. The minimum absolute atomic E-state index is 0.0184. The summed E-state index contributed by atoms with van der Waals surface area (Å²) >= 11 is 0. The van der Waals surface area contributed by atoms with Crippen LogP contribution in [0.3, 0.4) is 0 Å². The lowest BCUT2D eigenvalue weighted by molar-refractivity contribution is 0.0748. The number of nitrogens with zero attached hydrogens (tertiary/aromatic N) is 3. The monoisotopic (exact) mass is 258 g/mol. The zero-order valence-corrected chi connectivity index (χ0v) is 11.2. The number of hydrogen-bond donors (Lipinski definition) is 1. The standard InChI is InChI=1S/C14H18N4O/c1-11(9-15)17(2)14(19)12-3-5-13(6-4-12)18-8-7-16-10-18/h3-8,10-11H,9,15H2,1-2H3. The lowest BCUT2D eigenvalue weighted by Gasteiger charge is -2.23. The van der Waals surface area contributed by atoms with E-state index in [1.165, 1.54) is 0 Å². The van der Waals surface area contributed by atoms with Crippen molar-refractivity contribution in [1.82, 2.24) is 14.5 Å². The van der Waals surface area contributed by atoms with Gasteiger partial charge in [-0.15, -0.1) is 0 Å². The van der Waals surface area contributed by atoms with E-state index in [9.17, 15) is 4.79 Å².